The number of carbonyl (C=O) groups is 1. The van der Waals surface area contributed by atoms with E-state index in [0.29, 0.717) is 0 Å². The highest BCUT2D eigenvalue weighted by Crippen LogP contribution is 2.16. The molecular weight excluding hydrogens is 236 g/mol. The summed E-state index contributed by atoms with van der Waals surface area (Å²) in [7, 11) is -4.15. The molecule has 1 aromatic rings. The molecule has 0 bridgehead atoms. The summed E-state index contributed by atoms with van der Waals surface area (Å²) in [4.78, 5) is 11.3. The van der Waals surface area contributed by atoms with E-state index in [0.717, 1.165) is 0 Å². The molecule has 0 aliphatic carbocycles. The maximum atomic E-state index is 11.3. The van der Waals surface area contributed by atoms with E-state index in [4.69, 9.17) is 4.55 Å². The zero-order valence-electron chi connectivity index (χ0n) is 8.16. The Bertz CT molecular complexity index is 479. The quantitative estimate of drug-likeness (QED) is 0.590. The molecule has 1 rings (SSSR count). The second-order valence-electron chi connectivity index (χ2n) is 2.94. The van der Waals surface area contributed by atoms with Crippen molar-refractivity contribution in [1.82, 2.24) is 0 Å². The molecule has 2 N–H and O–H groups in total. The average Bonchev–Trinajstić information content (AvgIpc) is 2.16. The molecule has 7 heteroatoms. The summed E-state index contributed by atoms with van der Waals surface area (Å²) in [5.74, 6) is -1.77. The zero-order valence-corrected chi connectivity index (χ0v) is 8.98. The highest BCUT2D eigenvalue weighted by Gasteiger charge is 2.13. The third kappa shape index (κ3) is 3.87. The minimum Gasteiger partial charge on any atom is -0.507 e. The molecule has 0 unspecified atom stereocenters. The first kappa shape index (κ1) is 12.5. The third-order valence-corrected chi connectivity index (χ3v) is 2.38. The van der Waals surface area contributed by atoms with Crippen LogP contribution in [-0.4, -0.2) is 36.4 Å². The third-order valence-electron chi connectivity index (χ3n) is 1.70. The van der Waals surface area contributed by atoms with E-state index in [9.17, 15) is 18.3 Å². The molecule has 0 radical (unpaired) electrons. The van der Waals surface area contributed by atoms with Crippen LogP contribution in [0, 0.1) is 0 Å². The van der Waals surface area contributed by atoms with E-state index in [-0.39, 0.29) is 11.3 Å². The molecule has 0 atom stereocenters. The van der Waals surface area contributed by atoms with Gasteiger partial charge in [-0.25, -0.2) is 4.79 Å². The molecule has 88 valence electrons. The van der Waals surface area contributed by atoms with Gasteiger partial charge in [-0.2, -0.15) is 8.42 Å². The first-order valence-corrected chi connectivity index (χ1v) is 5.91. The van der Waals surface area contributed by atoms with Crippen molar-refractivity contribution in [2.75, 3.05) is 12.4 Å². The lowest BCUT2D eigenvalue weighted by Crippen LogP contribution is -2.14. The number of phenolic OH excluding ortho intramolecular Hbond substituents is 1. The summed E-state index contributed by atoms with van der Waals surface area (Å²) in [6.45, 7) is -0.466. The number of hydrogen-bond acceptors (Lipinski definition) is 5. The van der Waals surface area contributed by atoms with E-state index in [2.05, 4.69) is 4.74 Å². The van der Waals surface area contributed by atoms with Crippen molar-refractivity contribution >= 4 is 16.1 Å². The zero-order chi connectivity index (χ0) is 12.2. The summed E-state index contributed by atoms with van der Waals surface area (Å²) in [5.41, 5.74) is -0.0576. The van der Waals surface area contributed by atoms with Crippen LogP contribution in [-0.2, 0) is 14.9 Å². The van der Waals surface area contributed by atoms with E-state index in [1.54, 1.807) is 0 Å². The molecule has 0 aliphatic rings. The smallest absolute Gasteiger partial charge is 0.341 e. The molecular formula is C9H10O6S. The van der Waals surface area contributed by atoms with Crippen LogP contribution >= 0.6 is 0 Å². The van der Waals surface area contributed by atoms with Gasteiger partial charge in [0.15, 0.2) is 0 Å². The number of benzene rings is 1. The fourth-order valence-electron chi connectivity index (χ4n) is 0.964. The number of para-hydroxylation sites is 1. The minimum absolute atomic E-state index is 0.0576. The van der Waals surface area contributed by atoms with Gasteiger partial charge < -0.3 is 9.84 Å². The Morgan fingerprint density at radius 1 is 1.31 bits per heavy atom. The number of aromatic hydroxyl groups is 1. The van der Waals surface area contributed by atoms with Gasteiger partial charge in [0.2, 0.25) is 0 Å². The second-order valence-corrected chi connectivity index (χ2v) is 4.51. The molecule has 1 aromatic carbocycles. The van der Waals surface area contributed by atoms with Crippen LogP contribution in [0.2, 0.25) is 0 Å². The molecule has 0 heterocycles. The van der Waals surface area contributed by atoms with E-state index in [1.807, 2.05) is 0 Å². The van der Waals surface area contributed by atoms with Crippen LogP contribution in [0.5, 0.6) is 5.75 Å². The van der Waals surface area contributed by atoms with Gasteiger partial charge in [-0.3, -0.25) is 4.55 Å². The Morgan fingerprint density at radius 3 is 2.50 bits per heavy atom. The Hall–Kier alpha value is -1.60. The fourth-order valence-corrected chi connectivity index (χ4v) is 1.26. The maximum Gasteiger partial charge on any atom is 0.341 e. The molecule has 0 aliphatic heterocycles. The molecule has 0 aromatic heterocycles. The number of rotatable bonds is 4. The highest BCUT2D eigenvalue weighted by atomic mass is 32.2. The fraction of sp³-hybridized carbons (Fsp3) is 0.222. The lowest BCUT2D eigenvalue weighted by atomic mass is 10.2. The van der Waals surface area contributed by atoms with Crippen LogP contribution in [0.1, 0.15) is 10.4 Å². The second kappa shape index (κ2) is 4.95. The molecule has 0 saturated carbocycles. The van der Waals surface area contributed by atoms with Gasteiger partial charge in [-0.05, 0) is 12.1 Å². The van der Waals surface area contributed by atoms with Crippen molar-refractivity contribution in [2.45, 2.75) is 0 Å². The van der Waals surface area contributed by atoms with E-state index in [1.165, 1.54) is 24.3 Å². The van der Waals surface area contributed by atoms with Gasteiger partial charge in [0, 0.05) is 0 Å². The topological polar surface area (TPSA) is 101 Å². The van der Waals surface area contributed by atoms with Crippen LogP contribution in [0.4, 0.5) is 0 Å². The summed E-state index contributed by atoms with van der Waals surface area (Å²) < 4.78 is 33.6. The van der Waals surface area contributed by atoms with E-state index < -0.39 is 28.4 Å². The summed E-state index contributed by atoms with van der Waals surface area (Å²) in [6, 6.07) is 5.70. The summed E-state index contributed by atoms with van der Waals surface area (Å²) in [5, 5.41) is 9.27. The van der Waals surface area contributed by atoms with Gasteiger partial charge >= 0.3 is 5.97 Å². The largest absolute Gasteiger partial charge is 0.507 e. The standard InChI is InChI=1S/C9H10O6S/c10-8-4-2-1-3-7(8)9(11)15-5-6-16(12,13)14/h1-4,10H,5-6H2,(H,12,13,14). The number of esters is 1. The van der Waals surface area contributed by atoms with Crippen molar-refractivity contribution in [3.8, 4) is 5.75 Å². The van der Waals surface area contributed by atoms with Gasteiger partial charge in [-0.15, -0.1) is 0 Å². The Kier molecular flexibility index (Phi) is 3.86. The van der Waals surface area contributed by atoms with Crippen molar-refractivity contribution in [1.29, 1.82) is 0 Å². The molecule has 6 nitrogen and oxygen atoms in total. The van der Waals surface area contributed by atoms with Crippen LogP contribution in [0.3, 0.4) is 0 Å². The molecule has 0 fully saturated rings. The first-order chi connectivity index (χ1) is 7.40. The molecule has 0 spiro atoms. The first-order valence-electron chi connectivity index (χ1n) is 4.30. The number of phenols is 1. The average molecular weight is 246 g/mol. The van der Waals surface area contributed by atoms with Gasteiger partial charge in [0.25, 0.3) is 10.1 Å². The SMILES string of the molecule is O=C(OCCS(=O)(=O)O)c1ccccc1O. The van der Waals surface area contributed by atoms with Crippen molar-refractivity contribution < 1.29 is 27.6 Å². The summed E-state index contributed by atoms with van der Waals surface area (Å²) >= 11 is 0. The predicted octanol–water partition coefficient (Wildman–Crippen LogP) is 0.437. The highest BCUT2D eigenvalue weighted by molar-refractivity contribution is 7.85. The monoisotopic (exact) mass is 246 g/mol. The van der Waals surface area contributed by atoms with Crippen molar-refractivity contribution in [2.24, 2.45) is 0 Å². The summed E-state index contributed by atoms with van der Waals surface area (Å²) in [6.07, 6.45) is 0. The van der Waals surface area contributed by atoms with Crippen molar-refractivity contribution in [3.05, 3.63) is 29.8 Å². The number of carbonyl (C=O) groups excluding carboxylic acids is 1. The Labute approximate surface area is 92.2 Å². The van der Waals surface area contributed by atoms with E-state index >= 15 is 0 Å². The number of hydrogen-bond donors (Lipinski definition) is 2. The lowest BCUT2D eigenvalue weighted by molar-refractivity contribution is 0.0525. The molecule has 0 saturated heterocycles. The predicted molar refractivity (Wildman–Crippen MR) is 54.8 cm³/mol. The Balaban J connectivity index is 2.57. The van der Waals surface area contributed by atoms with Gasteiger partial charge in [0.1, 0.15) is 23.7 Å². The normalized spacial score (nSPS) is 11.1. The van der Waals surface area contributed by atoms with Gasteiger partial charge in [0.05, 0.1) is 0 Å². The Morgan fingerprint density at radius 2 is 1.94 bits per heavy atom. The van der Waals surface area contributed by atoms with Gasteiger partial charge in [-0.1, -0.05) is 12.1 Å². The molecule has 0 amide bonds. The van der Waals surface area contributed by atoms with Crippen LogP contribution in [0.15, 0.2) is 24.3 Å². The van der Waals surface area contributed by atoms with Crippen molar-refractivity contribution in [3.63, 3.8) is 0 Å². The number of ether oxygens (including phenoxy) is 1. The van der Waals surface area contributed by atoms with Crippen LogP contribution < -0.4 is 0 Å². The maximum absolute atomic E-state index is 11.3. The molecule has 16 heavy (non-hydrogen) atoms. The minimum atomic E-state index is -4.15. The lowest BCUT2D eigenvalue weighted by Gasteiger charge is -2.04. The van der Waals surface area contributed by atoms with Crippen LogP contribution in [0.25, 0.3) is 0 Å².